The summed E-state index contributed by atoms with van der Waals surface area (Å²) in [5, 5.41) is 15.6. The molecule has 0 amide bonds. The van der Waals surface area contributed by atoms with Crippen LogP contribution in [0.5, 0.6) is 0 Å². The summed E-state index contributed by atoms with van der Waals surface area (Å²) in [6, 6.07) is 7.52. The van der Waals surface area contributed by atoms with Gasteiger partial charge >= 0.3 is 0 Å². The zero-order valence-corrected chi connectivity index (χ0v) is 10.5. The molecule has 2 aromatic rings. The number of aromatic nitrogens is 2. The quantitative estimate of drug-likeness (QED) is 0.631. The fourth-order valence-corrected chi connectivity index (χ4v) is 2.15. The van der Waals surface area contributed by atoms with Crippen molar-refractivity contribution >= 4 is 11.6 Å². The Morgan fingerprint density at radius 2 is 2.11 bits per heavy atom. The lowest BCUT2D eigenvalue weighted by Gasteiger charge is -2.20. The molecule has 0 saturated heterocycles. The summed E-state index contributed by atoms with van der Waals surface area (Å²) < 4.78 is 1.56. The predicted molar refractivity (Wildman–Crippen MR) is 68.3 cm³/mol. The van der Waals surface area contributed by atoms with Gasteiger partial charge in [0.2, 0.25) is 6.04 Å². The summed E-state index contributed by atoms with van der Waals surface area (Å²) >= 11 is 6.12. The predicted octanol–water partition coefficient (Wildman–Crippen LogP) is 2.79. The smallest absolute Gasteiger partial charge is 0.236 e. The SMILES string of the molecule is C[C@H]([C@H](c1ccccc1Cl)n1cccn1)[N+](=O)[O-]. The highest BCUT2D eigenvalue weighted by molar-refractivity contribution is 6.31. The van der Waals surface area contributed by atoms with Crippen LogP contribution in [-0.2, 0) is 0 Å². The second kappa shape index (κ2) is 5.18. The van der Waals surface area contributed by atoms with Gasteiger partial charge in [-0.25, -0.2) is 0 Å². The van der Waals surface area contributed by atoms with Crippen molar-refractivity contribution in [1.82, 2.24) is 9.78 Å². The minimum absolute atomic E-state index is 0.324. The maximum Gasteiger partial charge on any atom is 0.236 e. The molecular formula is C12H12ClN3O2. The van der Waals surface area contributed by atoms with E-state index in [1.165, 1.54) is 0 Å². The van der Waals surface area contributed by atoms with Crippen molar-refractivity contribution in [2.45, 2.75) is 19.0 Å². The highest BCUT2D eigenvalue weighted by Crippen LogP contribution is 2.29. The maximum atomic E-state index is 11.0. The van der Waals surface area contributed by atoms with E-state index in [4.69, 9.17) is 11.6 Å². The number of hydrogen-bond acceptors (Lipinski definition) is 3. The van der Waals surface area contributed by atoms with Crippen molar-refractivity contribution in [3.8, 4) is 0 Å². The van der Waals surface area contributed by atoms with Gasteiger partial charge < -0.3 is 0 Å². The Kier molecular flexibility index (Phi) is 3.62. The number of rotatable bonds is 4. The fourth-order valence-electron chi connectivity index (χ4n) is 1.90. The Morgan fingerprint density at radius 1 is 1.39 bits per heavy atom. The molecule has 2 rings (SSSR count). The first-order valence-corrected chi connectivity index (χ1v) is 5.86. The minimum atomic E-state index is -0.815. The summed E-state index contributed by atoms with van der Waals surface area (Å²) in [6.45, 7) is 1.55. The van der Waals surface area contributed by atoms with E-state index in [0.29, 0.717) is 10.6 Å². The summed E-state index contributed by atoms with van der Waals surface area (Å²) in [6.07, 6.45) is 3.30. The molecule has 94 valence electrons. The molecule has 1 aromatic heterocycles. The first-order chi connectivity index (χ1) is 8.61. The van der Waals surface area contributed by atoms with E-state index in [9.17, 15) is 10.1 Å². The Balaban J connectivity index is 2.50. The molecule has 1 heterocycles. The molecule has 0 bridgehead atoms. The Labute approximate surface area is 109 Å². The van der Waals surface area contributed by atoms with Crippen LogP contribution in [0.15, 0.2) is 42.7 Å². The van der Waals surface area contributed by atoms with Crippen molar-refractivity contribution < 1.29 is 4.92 Å². The second-order valence-corrected chi connectivity index (χ2v) is 4.39. The third kappa shape index (κ3) is 2.36. The van der Waals surface area contributed by atoms with Crippen molar-refractivity contribution in [1.29, 1.82) is 0 Å². The van der Waals surface area contributed by atoms with Crippen LogP contribution in [-0.4, -0.2) is 20.7 Å². The summed E-state index contributed by atoms with van der Waals surface area (Å²) in [7, 11) is 0. The Morgan fingerprint density at radius 3 is 2.67 bits per heavy atom. The van der Waals surface area contributed by atoms with Crippen LogP contribution in [0.2, 0.25) is 5.02 Å². The van der Waals surface area contributed by atoms with Crippen LogP contribution in [0, 0.1) is 10.1 Å². The van der Waals surface area contributed by atoms with Gasteiger partial charge in [-0.2, -0.15) is 5.10 Å². The Bertz CT molecular complexity index is 542. The van der Waals surface area contributed by atoms with Crippen molar-refractivity contribution in [2.24, 2.45) is 0 Å². The monoisotopic (exact) mass is 265 g/mol. The molecule has 0 radical (unpaired) electrons. The van der Waals surface area contributed by atoms with E-state index < -0.39 is 12.1 Å². The van der Waals surface area contributed by atoms with Crippen LogP contribution in [0.3, 0.4) is 0 Å². The van der Waals surface area contributed by atoms with Gasteiger partial charge in [0.1, 0.15) is 6.04 Å². The second-order valence-electron chi connectivity index (χ2n) is 3.98. The highest BCUT2D eigenvalue weighted by atomic mass is 35.5. The normalized spacial score (nSPS) is 14.1. The lowest BCUT2D eigenvalue weighted by atomic mass is 10.0. The molecule has 0 spiro atoms. The van der Waals surface area contributed by atoms with Gasteiger partial charge in [0.25, 0.3) is 0 Å². The van der Waals surface area contributed by atoms with Crippen LogP contribution in [0.25, 0.3) is 0 Å². The standard InChI is InChI=1S/C12H12ClN3O2/c1-9(16(17)18)12(15-8-4-7-14-15)10-5-2-3-6-11(10)13/h2-9,12H,1H3/t9-,12-/m1/s1. The number of halogens is 1. The van der Waals surface area contributed by atoms with E-state index in [1.807, 2.05) is 6.07 Å². The maximum absolute atomic E-state index is 11.0. The molecule has 0 aliphatic carbocycles. The van der Waals surface area contributed by atoms with Crippen molar-refractivity contribution in [2.75, 3.05) is 0 Å². The third-order valence-corrected chi connectivity index (χ3v) is 3.17. The van der Waals surface area contributed by atoms with Gasteiger partial charge in [-0.05, 0) is 12.1 Å². The van der Waals surface area contributed by atoms with Crippen molar-refractivity contribution in [3.05, 3.63) is 63.4 Å². The Hall–Kier alpha value is -1.88. The highest BCUT2D eigenvalue weighted by Gasteiger charge is 2.31. The molecule has 18 heavy (non-hydrogen) atoms. The molecular weight excluding hydrogens is 254 g/mol. The van der Waals surface area contributed by atoms with E-state index in [1.54, 1.807) is 48.3 Å². The van der Waals surface area contributed by atoms with Gasteiger partial charge in [0.05, 0.1) is 0 Å². The molecule has 6 heteroatoms. The molecule has 5 nitrogen and oxygen atoms in total. The first kappa shape index (κ1) is 12.6. The molecule has 0 unspecified atom stereocenters. The van der Waals surface area contributed by atoms with Crippen molar-refractivity contribution in [3.63, 3.8) is 0 Å². The van der Waals surface area contributed by atoms with E-state index in [2.05, 4.69) is 5.10 Å². The van der Waals surface area contributed by atoms with Gasteiger partial charge in [-0.3, -0.25) is 14.8 Å². The lowest BCUT2D eigenvalue weighted by Crippen LogP contribution is -2.30. The van der Waals surface area contributed by atoms with Gasteiger partial charge in [-0.1, -0.05) is 29.8 Å². The van der Waals surface area contributed by atoms with Crippen LogP contribution < -0.4 is 0 Å². The van der Waals surface area contributed by atoms with Crippen LogP contribution in [0.1, 0.15) is 18.5 Å². The zero-order chi connectivity index (χ0) is 13.1. The van der Waals surface area contributed by atoms with Gasteiger partial charge in [0, 0.05) is 34.8 Å². The van der Waals surface area contributed by atoms with E-state index in [0.717, 1.165) is 0 Å². The molecule has 1 aromatic carbocycles. The molecule has 0 aliphatic rings. The summed E-state index contributed by atoms with van der Waals surface area (Å²) in [4.78, 5) is 10.7. The summed E-state index contributed by atoms with van der Waals surface area (Å²) in [5.74, 6) is 0. The number of hydrogen-bond donors (Lipinski definition) is 0. The van der Waals surface area contributed by atoms with E-state index in [-0.39, 0.29) is 4.92 Å². The molecule has 0 N–H and O–H groups in total. The van der Waals surface area contributed by atoms with E-state index >= 15 is 0 Å². The topological polar surface area (TPSA) is 61.0 Å². The fraction of sp³-hybridized carbons (Fsp3) is 0.250. The number of nitro groups is 1. The molecule has 0 fully saturated rings. The van der Waals surface area contributed by atoms with Crippen LogP contribution in [0.4, 0.5) is 0 Å². The summed E-state index contributed by atoms with van der Waals surface area (Å²) in [5.41, 5.74) is 0.701. The molecule has 0 saturated carbocycles. The lowest BCUT2D eigenvalue weighted by molar-refractivity contribution is -0.523. The van der Waals surface area contributed by atoms with Gasteiger partial charge in [0.15, 0.2) is 0 Å². The first-order valence-electron chi connectivity index (χ1n) is 5.48. The molecule has 0 aliphatic heterocycles. The van der Waals surface area contributed by atoms with Crippen LogP contribution >= 0.6 is 11.6 Å². The third-order valence-electron chi connectivity index (χ3n) is 2.82. The largest absolute Gasteiger partial charge is 0.264 e. The number of benzene rings is 1. The average molecular weight is 266 g/mol. The molecule has 2 atom stereocenters. The van der Waals surface area contributed by atoms with Gasteiger partial charge in [-0.15, -0.1) is 0 Å². The number of nitrogens with zero attached hydrogens (tertiary/aromatic N) is 3. The minimum Gasteiger partial charge on any atom is -0.264 e. The zero-order valence-electron chi connectivity index (χ0n) is 9.73. The average Bonchev–Trinajstić information content (AvgIpc) is 2.85.